The van der Waals surface area contributed by atoms with Crippen LogP contribution >= 0.6 is 0 Å². The third-order valence-electron chi connectivity index (χ3n) is 4.81. The normalized spacial score (nSPS) is 18.2. The van der Waals surface area contributed by atoms with E-state index in [0.29, 0.717) is 17.9 Å². The number of hydrogen-bond donors (Lipinski definition) is 1. The average Bonchev–Trinajstić information content (AvgIpc) is 2.94. The molecule has 1 fully saturated rings. The molecule has 0 unspecified atom stereocenters. The molecule has 1 N–H and O–H groups in total. The summed E-state index contributed by atoms with van der Waals surface area (Å²) in [5, 5.41) is 11.0. The van der Waals surface area contributed by atoms with Gasteiger partial charge in [0.1, 0.15) is 17.3 Å². The number of rotatable bonds is 6. The van der Waals surface area contributed by atoms with Crippen LogP contribution in [0.1, 0.15) is 29.7 Å². The number of Topliss-reactive ketones (excluding diaryl/α,β-unsaturated/α-hetero) is 1. The van der Waals surface area contributed by atoms with E-state index in [1.54, 1.807) is 24.3 Å². The molecule has 2 aromatic rings. The number of nitrogens with zero attached hydrogens (tertiary/aromatic N) is 1. The lowest BCUT2D eigenvalue weighted by atomic mass is 9.94. The zero-order valence-electron chi connectivity index (χ0n) is 16.3. The summed E-state index contributed by atoms with van der Waals surface area (Å²) >= 11 is 0. The Hall–Kier alpha value is -3.41. The lowest BCUT2D eigenvalue weighted by molar-refractivity contribution is -0.139. The van der Waals surface area contributed by atoms with Crippen molar-refractivity contribution in [3.8, 4) is 5.75 Å². The van der Waals surface area contributed by atoms with Crippen LogP contribution in [0.3, 0.4) is 0 Å². The second-order valence-corrected chi connectivity index (χ2v) is 6.67. The van der Waals surface area contributed by atoms with Crippen LogP contribution in [-0.2, 0) is 9.59 Å². The molecule has 6 heteroatoms. The highest BCUT2D eigenvalue weighted by atomic mass is 19.1. The Morgan fingerprint density at radius 1 is 1.28 bits per heavy atom. The molecule has 0 aliphatic carbocycles. The Bertz CT molecular complexity index is 1010. The van der Waals surface area contributed by atoms with E-state index in [-0.39, 0.29) is 23.4 Å². The number of aliphatic hydroxyl groups excluding tert-OH is 1. The van der Waals surface area contributed by atoms with Gasteiger partial charge < -0.3 is 14.7 Å². The number of likely N-dealkylation sites (tertiary alicyclic amines) is 1. The Morgan fingerprint density at radius 2 is 2.00 bits per heavy atom. The van der Waals surface area contributed by atoms with Crippen LogP contribution < -0.4 is 4.74 Å². The summed E-state index contributed by atoms with van der Waals surface area (Å²) in [6.45, 7) is 7.82. The molecule has 0 bridgehead atoms. The molecule has 1 heterocycles. The number of carbonyl (C=O) groups excluding carboxylic acids is 2. The van der Waals surface area contributed by atoms with Crippen molar-refractivity contribution >= 4 is 17.4 Å². The smallest absolute Gasteiger partial charge is 0.295 e. The molecule has 1 atom stereocenters. The van der Waals surface area contributed by atoms with Crippen LogP contribution in [-0.4, -0.2) is 34.8 Å². The van der Waals surface area contributed by atoms with Gasteiger partial charge in [0.05, 0.1) is 18.2 Å². The molecule has 150 valence electrons. The van der Waals surface area contributed by atoms with Gasteiger partial charge in [-0.3, -0.25) is 9.59 Å². The van der Waals surface area contributed by atoms with Crippen molar-refractivity contribution in [3.63, 3.8) is 0 Å². The monoisotopic (exact) mass is 395 g/mol. The molecule has 1 aliphatic heterocycles. The molecule has 5 nitrogen and oxygen atoms in total. The number of hydrogen-bond acceptors (Lipinski definition) is 4. The van der Waals surface area contributed by atoms with Crippen LogP contribution in [0.2, 0.25) is 0 Å². The minimum absolute atomic E-state index is 0.0443. The van der Waals surface area contributed by atoms with Crippen LogP contribution in [0.25, 0.3) is 5.76 Å². The molecule has 0 saturated carbocycles. The first-order valence-electron chi connectivity index (χ1n) is 9.28. The zero-order chi connectivity index (χ0) is 21.1. The van der Waals surface area contributed by atoms with Crippen molar-refractivity contribution < 1.29 is 23.8 Å². The molecule has 2 aromatic carbocycles. The van der Waals surface area contributed by atoms with E-state index in [4.69, 9.17) is 4.74 Å². The van der Waals surface area contributed by atoms with Gasteiger partial charge in [0.15, 0.2) is 0 Å². The van der Waals surface area contributed by atoms with Crippen molar-refractivity contribution in [1.82, 2.24) is 4.90 Å². The maximum absolute atomic E-state index is 14.6. The predicted octanol–water partition coefficient (Wildman–Crippen LogP) is 4.14. The molecule has 0 spiro atoms. The second kappa shape index (κ2) is 8.31. The van der Waals surface area contributed by atoms with Crippen molar-refractivity contribution in [3.05, 3.63) is 83.2 Å². The molecule has 0 radical (unpaired) electrons. The Morgan fingerprint density at radius 3 is 2.62 bits per heavy atom. The topological polar surface area (TPSA) is 66.8 Å². The molecule has 0 aromatic heterocycles. The van der Waals surface area contributed by atoms with E-state index in [1.165, 1.54) is 29.2 Å². The van der Waals surface area contributed by atoms with E-state index in [0.717, 1.165) is 5.56 Å². The van der Waals surface area contributed by atoms with Crippen LogP contribution in [0.15, 0.2) is 60.7 Å². The van der Waals surface area contributed by atoms with Gasteiger partial charge in [-0.2, -0.15) is 0 Å². The van der Waals surface area contributed by atoms with Crippen molar-refractivity contribution in [2.24, 2.45) is 0 Å². The van der Waals surface area contributed by atoms with Gasteiger partial charge in [0, 0.05) is 17.7 Å². The van der Waals surface area contributed by atoms with Gasteiger partial charge >= 0.3 is 0 Å². The summed E-state index contributed by atoms with van der Waals surface area (Å²) in [4.78, 5) is 26.6. The lowest BCUT2D eigenvalue weighted by Gasteiger charge is -2.24. The number of carbonyl (C=O) groups is 2. The van der Waals surface area contributed by atoms with Gasteiger partial charge in [0.2, 0.25) is 0 Å². The van der Waals surface area contributed by atoms with E-state index in [1.807, 2.05) is 13.8 Å². The highest BCUT2D eigenvalue weighted by Crippen LogP contribution is 2.40. The number of amides is 1. The molecular formula is C23H22FNO4. The van der Waals surface area contributed by atoms with Gasteiger partial charge in [0.25, 0.3) is 11.7 Å². The molecule has 1 aliphatic rings. The van der Waals surface area contributed by atoms with E-state index in [2.05, 4.69) is 6.58 Å². The summed E-state index contributed by atoms with van der Waals surface area (Å²) in [5.74, 6) is -1.93. The highest BCUT2D eigenvalue weighted by molar-refractivity contribution is 6.46. The van der Waals surface area contributed by atoms with Crippen molar-refractivity contribution in [1.29, 1.82) is 0 Å². The third-order valence-corrected chi connectivity index (χ3v) is 4.81. The summed E-state index contributed by atoms with van der Waals surface area (Å²) in [5.41, 5.74) is 1.10. The molecule has 1 amide bonds. The van der Waals surface area contributed by atoms with Crippen LogP contribution in [0.4, 0.5) is 4.39 Å². The number of benzene rings is 2. The minimum atomic E-state index is -1.04. The Labute approximate surface area is 168 Å². The zero-order valence-corrected chi connectivity index (χ0v) is 16.3. The first-order valence-corrected chi connectivity index (χ1v) is 9.28. The minimum Gasteiger partial charge on any atom is -0.507 e. The van der Waals surface area contributed by atoms with Gasteiger partial charge in [-0.05, 0) is 43.7 Å². The third kappa shape index (κ3) is 3.66. The van der Waals surface area contributed by atoms with E-state index in [9.17, 15) is 19.1 Å². The van der Waals surface area contributed by atoms with Gasteiger partial charge in [-0.1, -0.05) is 24.3 Å². The SMILES string of the molecule is C=CCN1C(=O)C(=O)C(=C(O)c2ccc(OCC)c(C)c2)[C@H]1c1ccccc1F. The molecule has 1 saturated heterocycles. The Kier molecular flexibility index (Phi) is 5.82. The molecular weight excluding hydrogens is 373 g/mol. The lowest BCUT2D eigenvalue weighted by Crippen LogP contribution is -2.30. The number of halogens is 1. The highest BCUT2D eigenvalue weighted by Gasteiger charge is 2.46. The summed E-state index contributed by atoms with van der Waals surface area (Å²) in [6.07, 6.45) is 1.46. The quantitative estimate of drug-likeness (QED) is 0.346. The fourth-order valence-corrected chi connectivity index (χ4v) is 3.50. The maximum atomic E-state index is 14.6. The predicted molar refractivity (Wildman–Crippen MR) is 108 cm³/mol. The van der Waals surface area contributed by atoms with Gasteiger partial charge in [-0.25, -0.2) is 4.39 Å². The first-order chi connectivity index (χ1) is 13.9. The van der Waals surface area contributed by atoms with Crippen molar-refractivity contribution in [2.75, 3.05) is 13.2 Å². The molecule has 29 heavy (non-hydrogen) atoms. The van der Waals surface area contributed by atoms with Crippen molar-refractivity contribution in [2.45, 2.75) is 19.9 Å². The maximum Gasteiger partial charge on any atom is 0.295 e. The summed E-state index contributed by atoms with van der Waals surface area (Å²) in [7, 11) is 0. The number of aliphatic hydroxyl groups is 1. The summed E-state index contributed by atoms with van der Waals surface area (Å²) < 4.78 is 20.1. The molecule has 3 rings (SSSR count). The number of aryl methyl sites for hydroxylation is 1. The van der Waals surface area contributed by atoms with E-state index >= 15 is 0 Å². The van der Waals surface area contributed by atoms with Crippen LogP contribution in [0.5, 0.6) is 5.75 Å². The van der Waals surface area contributed by atoms with Gasteiger partial charge in [-0.15, -0.1) is 6.58 Å². The fourth-order valence-electron chi connectivity index (χ4n) is 3.50. The summed E-state index contributed by atoms with van der Waals surface area (Å²) in [6, 6.07) is 9.81. The standard InChI is InChI=1S/C23H22FNO4/c1-4-12-25-20(16-8-6-7-9-17(16)24)19(22(27)23(25)28)21(26)15-10-11-18(29-5-2)14(3)13-15/h4,6-11,13,20,26H,1,5,12H2,2-3H3/t20-/m1/s1. The fraction of sp³-hybridized carbons (Fsp3) is 0.217. The number of ketones is 1. The second-order valence-electron chi connectivity index (χ2n) is 6.67. The van der Waals surface area contributed by atoms with E-state index < -0.39 is 23.5 Å². The van der Waals surface area contributed by atoms with Crippen LogP contribution in [0, 0.1) is 12.7 Å². The first kappa shape index (κ1) is 20.3. The number of ether oxygens (including phenoxy) is 1. The Balaban J connectivity index is 2.19. The largest absolute Gasteiger partial charge is 0.507 e. The average molecular weight is 395 g/mol.